The first-order valence-corrected chi connectivity index (χ1v) is 7.26. The molecule has 0 bridgehead atoms. The van der Waals surface area contributed by atoms with E-state index < -0.39 is 0 Å². The molecule has 0 spiro atoms. The van der Waals surface area contributed by atoms with Crippen LogP contribution >= 0.6 is 11.8 Å². The van der Waals surface area contributed by atoms with Gasteiger partial charge in [0.1, 0.15) is 5.82 Å². The van der Waals surface area contributed by atoms with Gasteiger partial charge in [0.2, 0.25) is 0 Å². The van der Waals surface area contributed by atoms with Gasteiger partial charge in [0, 0.05) is 23.0 Å². The van der Waals surface area contributed by atoms with Crippen LogP contribution < -0.4 is 0 Å². The van der Waals surface area contributed by atoms with E-state index in [0.29, 0.717) is 17.7 Å². The lowest BCUT2D eigenvalue weighted by Crippen LogP contribution is -2.15. The molecule has 0 aliphatic carbocycles. The average Bonchev–Trinajstić information content (AvgIpc) is 2.35. The summed E-state index contributed by atoms with van der Waals surface area (Å²) in [5, 5.41) is 18.2. The fourth-order valence-electron chi connectivity index (χ4n) is 1.39. The Morgan fingerprint density at radius 1 is 1.32 bits per heavy atom. The maximum Gasteiger partial charge on any atom is 0.124 e. The first-order valence-electron chi connectivity index (χ1n) is 6.21. The maximum absolute atomic E-state index is 13.4. The average molecular weight is 282 g/mol. The van der Waals surface area contributed by atoms with Crippen LogP contribution in [0.15, 0.2) is 18.2 Å². The number of hydrogen-bond donors (Lipinski definition) is 2. The van der Waals surface area contributed by atoms with E-state index in [1.54, 1.807) is 18.7 Å². The second-order valence-electron chi connectivity index (χ2n) is 4.38. The predicted octanol–water partition coefficient (Wildman–Crippen LogP) is 2.56. The van der Waals surface area contributed by atoms with Crippen molar-refractivity contribution in [2.24, 2.45) is 0 Å². The van der Waals surface area contributed by atoms with Crippen LogP contribution in [0.2, 0.25) is 0 Å². The third-order valence-corrected chi connectivity index (χ3v) is 4.04. The molecule has 1 rings (SSSR count). The van der Waals surface area contributed by atoms with Gasteiger partial charge in [0.05, 0.1) is 12.7 Å². The summed E-state index contributed by atoms with van der Waals surface area (Å²) in [6.07, 6.45) is 0.00186. The zero-order valence-corrected chi connectivity index (χ0v) is 12.0. The molecule has 0 aliphatic heterocycles. The molecule has 1 aromatic rings. The zero-order chi connectivity index (χ0) is 14.3. The molecule has 0 saturated heterocycles. The van der Waals surface area contributed by atoms with E-state index in [-0.39, 0.29) is 23.8 Å². The summed E-state index contributed by atoms with van der Waals surface area (Å²) in [6.45, 7) is 3.70. The molecule has 0 heterocycles. The van der Waals surface area contributed by atoms with E-state index in [2.05, 4.69) is 11.8 Å². The highest BCUT2D eigenvalue weighted by Gasteiger charge is 2.09. The maximum atomic E-state index is 13.4. The number of rotatable bonds is 5. The molecular formula is C15H19FO2S. The van der Waals surface area contributed by atoms with Gasteiger partial charge in [-0.15, -0.1) is 0 Å². The minimum Gasteiger partial charge on any atom is -0.395 e. The van der Waals surface area contributed by atoms with Crippen LogP contribution in [0.5, 0.6) is 0 Å². The van der Waals surface area contributed by atoms with Gasteiger partial charge in [-0.1, -0.05) is 18.8 Å². The molecule has 1 aromatic carbocycles. The van der Waals surface area contributed by atoms with Gasteiger partial charge in [0.15, 0.2) is 0 Å². The molecule has 0 amide bonds. The van der Waals surface area contributed by atoms with Crippen LogP contribution in [0.3, 0.4) is 0 Å². The molecule has 0 fully saturated rings. The summed E-state index contributed by atoms with van der Waals surface area (Å²) >= 11 is 1.58. The quantitative estimate of drug-likeness (QED) is 0.816. The lowest BCUT2D eigenvalue weighted by atomic mass is 10.1. The Morgan fingerprint density at radius 3 is 2.68 bits per heavy atom. The van der Waals surface area contributed by atoms with E-state index in [4.69, 9.17) is 5.11 Å². The predicted molar refractivity (Wildman–Crippen MR) is 77.4 cm³/mol. The number of aliphatic hydroxyl groups is 2. The monoisotopic (exact) mass is 282 g/mol. The molecule has 19 heavy (non-hydrogen) atoms. The minimum absolute atomic E-state index is 0.0108. The van der Waals surface area contributed by atoms with Crippen LogP contribution in [0.4, 0.5) is 4.39 Å². The second kappa shape index (κ2) is 8.21. The number of benzene rings is 1. The van der Waals surface area contributed by atoms with E-state index in [1.165, 1.54) is 12.1 Å². The molecule has 0 saturated carbocycles. The van der Waals surface area contributed by atoms with Crippen molar-refractivity contribution in [2.45, 2.75) is 37.4 Å². The highest BCUT2D eigenvalue weighted by Crippen LogP contribution is 2.21. The third kappa shape index (κ3) is 6.11. The number of halogens is 1. The highest BCUT2D eigenvalue weighted by molar-refractivity contribution is 7.99. The van der Waals surface area contributed by atoms with Crippen molar-refractivity contribution in [1.82, 2.24) is 0 Å². The van der Waals surface area contributed by atoms with Gasteiger partial charge >= 0.3 is 0 Å². The van der Waals surface area contributed by atoms with Crippen molar-refractivity contribution >= 4 is 11.8 Å². The normalized spacial score (nSPS) is 13.5. The second-order valence-corrected chi connectivity index (χ2v) is 5.75. The SMILES string of the molecule is CC(O)C(C)SCc1cc(F)cc(C#CCCO)c1. The Balaban J connectivity index is 2.72. The van der Waals surface area contributed by atoms with Gasteiger partial charge in [-0.05, 0) is 30.7 Å². The van der Waals surface area contributed by atoms with Crippen LogP contribution in [-0.2, 0) is 5.75 Å². The third-order valence-electron chi connectivity index (χ3n) is 2.62. The lowest BCUT2D eigenvalue weighted by molar-refractivity contribution is 0.196. The van der Waals surface area contributed by atoms with E-state index >= 15 is 0 Å². The smallest absolute Gasteiger partial charge is 0.124 e. The van der Waals surface area contributed by atoms with Crippen molar-refractivity contribution in [1.29, 1.82) is 0 Å². The summed E-state index contributed by atoms with van der Waals surface area (Å²) < 4.78 is 13.4. The van der Waals surface area contributed by atoms with Crippen LogP contribution in [-0.4, -0.2) is 28.2 Å². The molecule has 104 valence electrons. The van der Waals surface area contributed by atoms with Crippen molar-refractivity contribution in [3.63, 3.8) is 0 Å². The van der Waals surface area contributed by atoms with Gasteiger partial charge in [-0.3, -0.25) is 0 Å². The molecule has 0 aliphatic rings. The standard InChI is InChI=1S/C15H19FO2S/c1-11(18)12(2)19-10-14-7-13(5-3-4-6-17)8-15(16)9-14/h7-9,11-12,17-18H,4,6,10H2,1-2H3. The van der Waals surface area contributed by atoms with Crippen molar-refractivity contribution in [2.75, 3.05) is 6.61 Å². The van der Waals surface area contributed by atoms with Crippen molar-refractivity contribution in [3.05, 3.63) is 35.1 Å². The number of aliphatic hydroxyl groups excluding tert-OH is 2. The topological polar surface area (TPSA) is 40.5 Å². The fraction of sp³-hybridized carbons (Fsp3) is 0.467. The molecule has 0 radical (unpaired) electrons. The summed E-state index contributed by atoms with van der Waals surface area (Å²) in [5.74, 6) is 5.93. The summed E-state index contributed by atoms with van der Waals surface area (Å²) in [5.41, 5.74) is 1.47. The molecule has 4 heteroatoms. The Labute approximate surface area is 118 Å². The largest absolute Gasteiger partial charge is 0.395 e. The summed E-state index contributed by atoms with van der Waals surface area (Å²) in [6, 6.07) is 4.71. The van der Waals surface area contributed by atoms with Crippen LogP contribution in [0.1, 0.15) is 31.4 Å². The Hall–Kier alpha value is -1.02. The highest BCUT2D eigenvalue weighted by atomic mass is 32.2. The van der Waals surface area contributed by atoms with Gasteiger partial charge in [-0.25, -0.2) is 4.39 Å². The molecule has 2 unspecified atom stereocenters. The summed E-state index contributed by atoms with van der Waals surface area (Å²) in [7, 11) is 0. The van der Waals surface area contributed by atoms with Crippen molar-refractivity contribution < 1.29 is 14.6 Å². The van der Waals surface area contributed by atoms with E-state index in [0.717, 1.165) is 5.56 Å². The van der Waals surface area contributed by atoms with E-state index in [1.807, 2.05) is 13.0 Å². The van der Waals surface area contributed by atoms with Crippen molar-refractivity contribution in [3.8, 4) is 11.8 Å². The van der Waals surface area contributed by atoms with Crippen LogP contribution in [0.25, 0.3) is 0 Å². The number of hydrogen-bond acceptors (Lipinski definition) is 3. The first-order chi connectivity index (χ1) is 9.02. The minimum atomic E-state index is -0.387. The zero-order valence-electron chi connectivity index (χ0n) is 11.2. The molecule has 2 atom stereocenters. The summed E-state index contributed by atoms with van der Waals surface area (Å²) in [4.78, 5) is 0. The first kappa shape index (κ1) is 16.0. The Bertz CT molecular complexity index is 463. The van der Waals surface area contributed by atoms with E-state index in [9.17, 15) is 9.50 Å². The molecule has 0 aromatic heterocycles. The Kier molecular flexibility index (Phi) is 6.93. The lowest BCUT2D eigenvalue weighted by Gasteiger charge is -2.14. The van der Waals surface area contributed by atoms with Crippen LogP contribution in [0, 0.1) is 17.7 Å². The fourth-order valence-corrected chi connectivity index (χ4v) is 2.29. The van der Waals surface area contributed by atoms with Gasteiger partial charge in [-0.2, -0.15) is 11.8 Å². The molecule has 2 N–H and O–H groups in total. The molecular weight excluding hydrogens is 263 g/mol. The molecule has 2 nitrogen and oxygen atoms in total. The van der Waals surface area contributed by atoms with Gasteiger partial charge in [0.25, 0.3) is 0 Å². The van der Waals surface area contributed by atoms with Gasteiger partial charge < -0.3 is 10.2 Å². The Morgan fingerprint density at radius 2 is 2.05 bits per heavy atom. The number of thioether (sulfide) groups is 1.